The van der Waals surface area contributed by atoms with E-state index in [4.69, 9.17) is 23.2 Å². The van der Waals surface area contributed by atoms with Gasteiger partial charge >= 0.3 is 0 Å². The highest BCUT2D eigenvalue weighted by Crippen LogP contribution is 2.19. The minimum Gasteiger partial charge on any atom is -0.294 e. The van der Waals surface area contributed by atoms with Gasteiger partial charge in [0.15, 0.2) is 11.6 Å². The van der Waals surface area contributed by atoms with Crippen molar-refractivity contribution >= 4 is 29.0 Å². The van der Waals surface area contributed by atoms with Crippen molar-refractivity contribution in [1.29, 1.82) is 0 Å². The van der Waals surface area contributed by atoms with Crippen LogP contribution in [0.1, 0.15) is 16.2 Å². The van der Waals surface area contributed by atoms with E-state index in [9.17, 15) is 4.79 Å². The Labute approximate surface area is 107 Å². The Morgan fingerprint density at radius 2 is 1.94 bits per heavy atom. The molecule has 1 aromatic heterocycles. The third kappa shape index (κ3) is 3.01. The monoisotopic (exact) mass is 270 g/mol. The smallest absolute Gasteiger partial charge is 0.182 e. The molecule has 0 amide bonds. The number of ketones is 1. The highest BCUT2D eigenvalue weighted by molar-refractivity contribution is 6.35. The highest BCUT2D eigenvalue weighted by Gasteiger charge is 2.12. The van der Waals surface area contributed by atoms with Crippen LogP contribution in [0.2, 0.25) is 10.0 Å². The molecule has 1 heterocycles. The summed E-state index contributed by atoms with van der Waals surface area (Å²) >= 11 is 11.6. The normalized spacial score (nSPS) is 10.5. The first-order chi connectivity index (χ1) is 8.04. The van der Waals surface area contributed by atoms with E-state index in [0.717, 1.165) is 0 Å². The predicted molar refractivity (Wildman–Crippen MR) is 63.3 cm³/mol. The zero-order chi connectivity index (χ0) is 12.4. The van der Waals surface area contributed by atoms with Gasteiger partial charge in [0, 0.05) is 15.6 Å². The summed E-state index contributed by atoms with van der Waals surface area (Å²) in [6.07, 6.45) is 0.0739. The molecular weight excluding hydrogens is 263 g/mol. The number of carbonyl (C=O) groups excluding carboxylic acids is 1. The van der Waals surface area contributed by atoms with Gasteiger partial charge in [0.05, 0.1) is 13.5 Å². The van der Waals surface area contributed by atoms with E-state index in [0.29, 0.717) is 21.4 Å². The molecule has 1 aromatic carbocycles. The SMILES string of the molecule is Cn1nnc(CC(=O)c2cc(Cl)cc(Cl)c2)n1. The van der Waals surface area contributed by atoms with Crippen molar-refractivity contribution in [3.05, 3.63) is 39.6 Å². The fourth-order valence-electron chi connectivity index (χ4n) is 1.35. The second-order valence-electron chi connectivity index (χ2n) is 3.45. The molecule has 2 rings (SSSR count). The van der Waals surface area contributed by atoms with Crippen LogP contribution in [-0.4, -0.2) is 26.0 Å². The predicted octanol–water partition coefficient (Wildman–Crippen LogP) is 1.94. The lowest BCUT2D eigenvalue weighted by Gasteiger charge is -2.00. The van der Waals surface area contributed by atoms with Crippen LogP contribution < -0.4 is 0 Å². The van der Waals surface area contributed by atoms with E-state index in [2.05, 4.69) is 15.4 Å². The molecule has 88 valence electrons. The number of hydrogen-bond donors (Lipinski definition) is 0. The van der Waals surface area contributed by atoms with Crippen LogP contribution >= 0.6 is 23.2 Å². The molecule has 0 atom stereocenters. The molecule has 0 radical (unpaired) electrons. The molecule has 0 fully saturated rings. The number of aryl methyl sites for hydroxylation is 1. The van der Waals surface area contributed by atoms with Crippen LogP contribution in [0, 0.1) is 0 Å². The summed E-state index contributed by atoms with van der Waals surface area (Å²) < 4.78 is 0. The lowest BCUT2D eigenvalue weighted by Crippen LogP contribution is -2.05. The first kappa shape index (κ1) is 12.0. The number of nitrogens with zero attached hydrogens (tertiary/aromatic N) is 4. The molecule has 0 N–H and O–H groups in total. The van der Waals surface area contributed by atoms with Gasteiger partial charge in [-0.15, -0.1) is 10.2 Å². The Hall–Kier alpha value is -1.46. The number of aromatic nitrogens is 4. The topological polar surface area (TPSA) is 60.7 Å². The Bertz CT molecular complexity index is 547. The number of carbonyl (C=O) groups is 1. The molecule has 0 unspecified atom stereocenters. The molecule has 7 heteroatoms. The first-order valence-electron chi connectivity index (χ1n) is 4.77. The molecular formula is C10H8Cl2N4O. The number of rotatable bonds is 3. The Morgan fingerprint density at radius 1 is 1.29 bits per heavy atom. The molecule has 0 aliphatic rings. The van der Waals surface area contributed by atoms with Crippen molar-refractivity contribution in [1.82, 2.24) is 20.2 Å². The first-order valence-corrected chi connectivity index (χ1v) is 5.52. The van der Waals surface area contributed by atoms with Crippen molar-refractivity contribution in [2.24, 2.45) is 7.05 Å². The summed E-state index contributed by atoms with van der Waals surface area (Å²) in [5.74, 6) is 0.219. The summed E-state index contributed by atoms with van der Waals surface area (Å²) in [7, 11) is 1.64. The Morgan fingerprint density at radius 3 is 2.47 bits per heavy atom. The third-order valence-corrected chi connectivity index (χ3v) is 2.49. The Kier molecular flexibility index (Phi) is 3.40. The fourth-order valence-corrected chi connectivity index (χ4v) is 1.88. The van der Waals surface area contributed by atoms with E-state index >= 15 is 0 Å². The van der Waals surface area contributed by atoms with Crippen LogP contribution in [0.4, 0.5) is 0 Å². The maximum atomic E-state index is 11.9. The number of benzene rings is 1. The van der Waals surface area contributed by atoms with Gasteiger partial charge in [0.1, 0.15) is 0 Å². The van der Waals surface area contributed by atoms with Gasteiger partial charge < -0.3 is 0 Å². The Balaban J connectivity index is 2.19. The third-order valence-electron chi connectivity index (χ3n) is 2.05. The van der Waals surface area contributed by atoms with E-state index in [1.165, 1.54) is 4.80 Å². The van der Waals surface area contributed by atoms with Gasteiger partial charge in [-0.05, 0) is 23.4 Å². The van der Waals surface area contributed by atoms with Crippen molar-refractivity contribution in [2.45, 2.75) is 6.42 Å². The van der Waals surface area contributed by atoms with Crippen LogP contribution in [-0.2, 0) is 13.5 Å². The molecule has 5 nitrogen and oxygen atoms in total. The quantitative estimate of drug-likeness (QED) is 0.800. The van der Waals surface area contributed by atoms with Gasteiger partial charge in [0.25, 0.3) is 0 Å². The number of hydrogen-bond acceptors (Lipinski definition) is 4. The number of halogens is 2. The summed E-state index contributed by atoms with van der Waals surface area (Å²) in [6, 6.07) is 4.69. The standard InChI is InChI=1S/C10H8Cl2N4O/c1-16-14-10(13-15-16)5-9(17)6-2-7(11)4-8(12)3-6/h2-4H,5H2,1H3. The zero-order valence-corrected chi connectivity index (χ0v) is 10.4. The molecule has 17 heavy (non-hydrogen) atoms. The van der Waals surface area contributed by atoms with Crippen molar-refractivity contribution < 1.29 is 4.79 Å². The van der Waals surface area contributed by atoms with Crippen LogP contribution in [0.15, 0.2) is 18.2 Å². The van der Waals surface area contributed by atoms with Crippen molar-refractivity contribution in [3.63, 3.8) is 0 Å². The van der Waals surface area contributed by atoms with Gasteiger partial charge in [-0.1, -0.05) is 23.2 Å². The van der Waals surface area contributed by atoms with Crippen LogP contribution in [0.3, 0.4) is 0 Å². The molecule has 0 aliphatic carbocycles. The second-order valence-corrected chi connectivity index (χ2v) is 4.33. The van der Waals surface area contributed by atoms with Gasteiger partial charge in [-0.25, -0.2) is 0 Å². The zero-order valence-electron chi connectivity index (χ0n) is 8.89. The summed E-state index contributed by atoms with van der Waals surface area (Å²) in [6.45, 7) is 0. The number of tetrazole rings is 1. The molecule has 0 saturated heterocycles. The van der Waals surface area contributed by atoms with Crippen molar-refractivity contribution in [2.75, 3.05) is 0 Å². The molecule has 0 aliphatic heterocycles. The molecule has 0 spiro atoms. The average Bonchev–Trinajstić information content (AvgIpc) is 2.62. The lowest BCUT2D eigenvalue weighted by atomic mass is 10.1. The van der Waals surface area contributed by atoms with E-state index in [-0.39, 0.29) is 12.2 Å². The number of Topliss-reactive ketones (excluding diaryl/α,β-unsaturated/α-hetero) is 1. The minimum absolute atomic E-state index is 0.0739. The van der Waals surface area contributed by atoms with E-state index < -0.39 is 0 Å². The second kappa shape index (κ2) is 4.81. The summed E-state index contributed by atoms with van der Waals surface area (Å²) in [5, 5.41) is 12.2. The summed E-state index contributed by atoms with van der Waals surface area (Å²) in [4.78, 5) is 13.2. The van der Waals surface area contributed by atoms with Crippen LogP contribution in [0.5, 0.6) is 0 Å². The molecule has 0 saturated carbocycles. The van der Waals surface area contributed by atoms with E-state index in [1.54, 1.807) is 25.2 Å². The van der Waals surface area contributed by atoms with Crippen molar-refractivity contribution in [3.8, 4) is 0 Å². The molecule has 2 aromatic rings. The largest absolute Gasteiger partial charge is 0.294 e. The van der Waals surface area contributed by atoms with Crippen LogP contribution in [0.25, 0.3) is 0 Å². The average molecular weight is 271 g/mol. The molecule has 0 bridgehead atoms. The maximum absolute atomic E-state index is 11.9. The van der Waals surface area contributed by atoms with Gasteiger partial charge in [0.2, 0.25) is 0 Å². The minimum atomic E-state index is -0.151. The fraction of sp³-hybridized carbons (Fsp3) is 0.200. The van der Waals surface area contributed by atoms with Gasteiger partial charge in [-0.3, -0.25) is 4.79 Å². The lowest BCUT2D eigenvalue weighted by molar-refractivity contribution is 0.0990. The maximum Gasteiger partial charge on any atom is 0.182 e. The highest BCUT2D eigenvalue weighted by atomic mass is 35.5. The van der Waals surface area contributed by atoms with Gasteiger partial charge in [-0.2, -0.15) is 4.80 Å². The summed E-state index contributed by atoms with van der Waals surface area (Å²) in [5.41, 5.74) is 0.440. The van der Waals surface area contributed by atoms with E-state index in [1.807, 2.05) is 0 Å².